The minimum Gasteiger partial charge on any atom is -0.490 e. The Kier molecular flexibility index (Phi) is 7.83. The lowest BCUT2D eigenvalue weighted by molar-refractivity contribution is 0.102. The Morgan fingerprint density at radius 3 is 2.03 bits per heavy atom. The van der Waals surface area contributed by atoms with E-state index in [0.29, 0.717) is 12.5 Å². The van der Waals surface area contributed by atoms with Crippen LogP contribution in [0, 0.1) is 17.6 Å². The fourth-order valence-corrected chi connectivity index (χ4v) is 3.80. The van der Waals surface area contributed by atoms with Crippen molar-refractivity contribution in [2.24, 2.45) is 5.92 Å². The molecule has 0 atom stereocenters. The SMILES string of the molecule is O=C(Nc1ccc(OCc2ccccc2)c(F)c1OCc1ccccc1)c1ccc(OCC2CC2)c(F)c1. The van der Waals surface area contributed by atoms with Crippen molar-refractivity contribution >= 4 is 11.6 Å². The third-order valence-electron chi connectivity index (χ3n) is 6.14. The molecule has 0 saturated heterocycles. The number of hydrogen-bond donors (Lipinski definition) is 1. The lowest BCUT2D eigenvalue weighted by Crippen LogP contribution is -2.14. The lowest BCUT2D eigenvalue weighted by atomic mass is 10.1. The van der Waals surface area contributed by atoms with Gasteiger partial charge < -0.3 is 19.5 Å². The van der Waals surface area contributed by atoms with Crippen molar-refractivity contribution in [3.05, 3.63) is 119 Å². The van der Waals surface area contributed by atoms with Crippen LogP contribution in [-0.4, -0.2) is 12.5 Å². The van der Waals surface area contributed by atoms with Crippen molar-refractivity contribution in [2.45, 2.75) is 26.1 Å². The summed E-state index contributed by atoms with van der Waals surface area (Å²) in [6.45, 7) is 0.697. The summed E-state index contributed by atoms with van der Waals surface area (Å²) >= 11 is 0. The molecule has 0 radical (unpaired) electrons. The molecule has 5 nitrogen and oxygen atoms in total. The van der Waals surface area contributed by atoms with E-state index in [1.165, 1.54) is 24.3 Å². The van der Waals surface area contributed by atoms with Gasteiger partial charge in [0.1, 0.15) is 13.2 Å². The monoisotopic (exact) mass is 515 g/mol. The Bertz CT molecular complexity index is 1390. The summed E-state index contributed by atoms with van der Waals surface area (Å²) in [7, 11) is 0. The molecule has 1 saturated carbocycles. The first-order valence-corrected chi connectivity index (χ1v) is 12.5. The van der Waals surface area contributed by atoms with Crippen LogP contribution in [0.5, 0.6) is 17.2 Å². The van der Waals surface area contributed by atoms with Crippen LogP contribution in [-0.2, 0) is 13.2 Å². The highest BCUT2D eigenvalue weighted by molar-refractivity contribution is 6.05. The number of carbonyl (C=O) groups excluding carboxylic acids is 1. The molecular formula is C31H27F2NO4. The Morgan fingerprint density at radius 2 is 1.39 bits per heavy atom. The first-order valence-electron chi connectivity index (χ1n) is 12.5. The normalized spacial score (nSPS) is 12.6. The third kappa shape index (κ3) is 6.48. The zero-order valence-electron chi connectivity index (χ0n) is 20.7. The van der Waals surface area contributed by atoms with E-state index in [-0.39, 0.29) is 41.7 Å². The van der Waals surface area contributed by atoms with Crippen LogP contribution in [0.25, 0.3) is 0 Å². The number of carbonyl (C=O) groups is 1. The molecule has 194 valence electrons. The third-order valence-corrected chi connectivity index (χ3v) is 6.14. The quantitative estimate of drug-likeness (QED) is 0.230. The smallest absolute Gasteiger partial charge is 0.255 e. The van der Waals surface area contributed by atoms with E-state index in [0.717, 1.165) is 30.0 Å². The molecule has 0 bridgehead atoms. The van der Waals surface area contributed by atoms with E-state index in [2.05, 4.69) is 5.32 Å². The molecule has 0 aliphatic heterocycles. The van der Waals surface area contributed by atoms with Gasteiger partial charge in [0.25, 0.3) is 5.91 Å². The number of anilines is 1. The summed E-state index contributed by atoms with van der Waals surface area (Å²) < 4.78 is 47.2. The van der Waals surface area contributed by atoms with Crippen molar-refractivity contribution in [1.29, 1.82) is 0 Å². The highest BCUT2D eigenvalue weighted by Crippen LogP contribution is 2.36. The zero-order chi connectivity index (χ0) is 26.3. The van der Waals surface area contributed by atoms with Gasteiger partial charge in [-0.15, -0.1) is 0 Å². The average Bonchev–Trinajstić information content (AvgIpc) is 3.77. The van der Waals surface area contributed by atoms with Gasteiger partial charge in [-0.05, 0) is 60.2 Å². The van der Waals surface area contributed by atoms with Gasteiger partial charge in [-0.3, -0.25) is 4.79 Å². The molecule has 4 aromatic carbocycles. The molecule has 7 heteroatoms. The van der Waals surface area contributed by atoms with Gasteiger partial charge in [0.2, 0.25) is 5.82 Å². The molecule has 0 heterocycles. The van der Waals surface area contributed by atoms with Crippen LogP contribution in [0.3, 0.4) is 0 Å². The Balaban J connectivity index is 1.35. The van der Waals surface area contributed by atoms with Crippen LogP contribution in [0.1, 0.15) is 34.3 Å². The molecule has 38 heavy (non-hydrogen) atoms. The van der Waals surface area contributed by atoms with E-state index < -0.39 is 17.5 Å². The fourth-order valence-electron chi connectivity index (χ4n) is 3.80. The summed E-state index contributed by atoms with van der Waals surface area (Å²) in [6.07, 6.45) is 2.17. The summed E-state index contributed by atoms with van der Waals surface area (Å²) in [5, 5.41) is 2.64. The Morgan fingerprint density at radius 1 is 0.763 bits per heavy atom. The molecule has 1 fully saturated rings. The Hall–Kier alpha value is -4.39. The maximum atomic E-state index is 15.6. The molecule has 4 aromatic rings. The van der Waals surface area contributed by atoms with Crippen molar-refractivity contribution in [2.75, 3.05) is 11.9 Å². The highest BCUT2D eigenvalue weighted by atomic mass is 19.1. The van der Waals surface area contributed by atoms with Gasteiger partial charge in [-0.25, -0.2) is 4.39 Å². The van der Waals surface area contributed by atoms with Gasteiger partial charge in [0, 0.05) is 5.56 Å². The second kappa shape index (κ2) is 11.8. The first-order chi connectivity index (χ1) is 18.6. The van der Waals surface area contributed by atoms with Gasteiger partial charge in [0.05, 0.1) is 12.3 Å². The van der Waals surface area contributed by atoms with Crippen molar-refractivity contribution < 1.29 is 27.8 Å². The summed E-state index contributed by atoms with van der Waals surface area (Å²) in [4.78, 5) is 13.0. The van der Waals surface area contributed by atoms with Gasteiger partial charge in [-0.2, -0.15) is 4.39 Å². The predicted octanol–water partition coefficient (Wildman–Crippen LogP) is 7.16. The second-order valence-electron chi connectivity index (χ2n) is 9.16. The fraction of sp³-hybridized carbons (Fsp3) is 0.194. The van der Waals surface area contributed by atoms with Gasteiger partial charge >= 0.3 is 0 Å². The van der Waals surface area contributed by atoms with Crippen LogP contribution in [0.4, 0.5) is 14.5 Å². The minimum absolute atomic E-state index is 0.0156. The minimum atomic E-state index is -0.746. The number of halogens is 2. The van der Waals surface area contributed by atoms with E-state index in [4.69, 9.17) is 14.2 Å². The zero-order valence-corrected chi connectivity index (χ0v) is 20.7. The maximum Gasteiger partial charge on any atom is 0.255 e. The lowest BCUT2D eigenvalue weighted by Gasteiger charge is -2.16. The van der Waals surface area contributed by atoms with Crippen LogP contribution in [0.2, 0.25) is 0 Å². The number of ether oxygens (including phenoxy) is 3. The number of benzene rings is 4. The van der Waals surface area contributed by atoms with Crippen LogP contribution < -0.4 is 19.5 Å². The molecule has 0 aromatic heterocycles. The maximum absolute atomic E-state index is 15.6. The standard InChI is InChI=1S/C31H27F2NO4/c32-25-17-24(13-15-27(25)36-19-23-11-12-23)31(35)34-26-14-16-28(37-18-21-7-3-1-4-8-21)29(33)30(26)38-20-22-9-5-2-6-10-22/h1-10,13-17,23H,11-12,18-20H2,(H,34,35). The van der Waals surface area contributed by atoms with Crippen molar-refractivity contribution in [3.63, 3.8) is 0 Å². The summed E-state index contributed by atoms with van der Waals surface area (Å²) in [5.74, 6) is -1.60. The van der Waals surface area contributed by atoms with E-state index in [1.54, 1.807) is 0 Å². The predicted molar refractivity (Wildman–Crippen MR) is 141 cm³/mol. The molecule has 0 spiro atoms. The molecule has 1 N–H and O–H groups in total. The van der Waals surface area contributed by atoms with Gasteiger partial charge in [-0.1, -0.05) is 60.7 Å². The van der Waals surface area contributed by atoms with Crippen LogP contribution >= 0.6 is 0 Å². The largest absolute Gasteiger partial charge is 0.490 e. The molecular weight excluding hydrogens is 488 g/mol. The average molecular weight is 516 g/mol. The number of nitrogens with one attached hydrogen (secondary N) is 1. The van der Waals surface area contributed by atoms with Crippen molar-refractivity contribution in [1.82, 2.24) is 0 Å². The van der Waals surface area contributed by atoms with E-state index in [1.807, 2.05) is 60.7 Å². The van der Waals surface area contributed by atoms with E-state index >= 15 is 4.39 Å². The number of amides is 1. The highest BCUT2D eigenvalue weighted by Gasteiger charge is 2.23. The molecule has 1 amide bonds. The van der Waals surface area contributed by atoms with E-state index in [9.17, 15) is 9.18 Å². The Labute approximate surface area is 220 Å². The van der Waals surface area contributed by atoms with Gasteiger partial charge in [0.15, 0.2) is 23.1 Å². The number of hydrogen-bond acceptors (Lipinski definition) is 4. The summed E-state index contributed by atoms with van der Waals surface area (Å²) in [5.41, 5.74) is 1.87. The second-order valence-corrected chi connectivity index (χ2v) is 9.16. The molecule has 0 unspecified atom stereocenters. The first kappa shape index (κ1) is 25.3. The summed E-state index contributed by atoms with van der Waals surface area (Å²) in [6, 6.07) is 25.6. The number of rotatable bonds is 11. The molecule has 5 rings (SSSR count). The molecule has 1 aliphatic rings. The van der Waals surface area contributed by atoms with Crippen LogP contribution in [0.15, 0.2) is 91.0 Å². The molecule has 1 aliphatic carbocycles. The van der Waals surface area contributed by atoms with Crippen molar-refractivity contribution in [3.8, 4) is 17.2 Å². The topological polar surface area (TPSA) is 56.8 Å².